The van der Waals surface area contributed by atoms with Crippen molar-refractivity contribution in [3.05, 3.63) is 23.8 Å². The third-order valence-electron chi connectivity index (χ3n) is 3.30. The first-order chi connectivity index (χ1) is 9.63. The number of ether oxygens (including phenoxy) is 2. The summed E-state index contributed by atoms with van der Waals surface area (Å²) in [6, 6.07) is 7.06. The highest BCUT2D eigenvalue weighted by atomic mass is 16.5. The van der Waals surface area contributed by atoms with Crippen LogP contribution in [0.1, 0.15) is 18.4 Å². The van der Waals surface area contributed by atoms with Gasteiger partial charge in [-0.25, -0.2) is 4.79 Å². The van der Waals surface area contributed by atoms with Gasteiger partial charge in [-0.3, -0.25) is 0 Å². The van der Waals surface area contributed by atoms with Crippen LogP contribution in [0.25, 0.3) is 0 Å². The number of likely N-dealkylation sites (tertiary alicyclic amines) is 1. The van der Waals surface area contributed by atoms with E-state index in [0.29, 0.717) is 43.0 Å². The molecule has 20 heavy (non-hydrogen) atoms. The molecule has 6 heteroatoms. The van der Waals surface area contributed by atoms with Crippen LogP contribution in [0.3, 0.4) is 0 Å². The van der Waals surface area contributed by atoms with Crippen LogP contribution in [-0.4, -0.2) is 42.4 Å². The maximum absolute atomic E-state index is 10.8. The van der Waals surface area contributed by atoms with Crippen LogP contribution in [0.4, 0.5) is 4.79 Å². The van der Waals surface area contributed by atoms with E-state index in [1.807, 2.05) is 0 Å². The average molecular weight is 276 g/mol. The van der Waals surface area contributed by atoms with Crippen molar-refractivity contribution in [1.82, 2.24) is 4.90 Å². The first-order valence-corrected chi connectivity index (χ1v) is 6.36. The second kappa shape index (κ2) is 6.15. The molecule has 106 valence electrons. The van der Waals surface area contributed by atoms with Crippen molar-refractivity contribution in [2.75, 3.05) is 20.2 Å². The standard InChI is InChI=1S/C14H16N2O4/c1-19-12-3-2-10(9-15)8-13(12)20-11-4-6-16(7-5-11)14(17)18/h2-3,8,11H,4-7H2,1H3,(H,17,18). The molecule has 1 aliphatic heterocycles. The van der Waals surface area contributed by atoms with E-state index < -0.39 is 6.09 Å². The molecule has 0 aromatic heterocycles. The fraction of sp³-hybridized carbons (Fsp3) is 0.429. The Labute approximate surface area is 117 Å². The van der Waals surface area contributed by atoms with Gasteiger partial charge in [0.25, 0.3) is 0 Å². The van der Waals surface area contributed by atoms with Crippen LogP contribution in [0, 0.1) is 11.3 Å². The van der Waals surface area contributed by atoms with Crippen molar-refractivity contribution < 1.29 is 19.4 Å². The summed E-state index contributed by atoms with van der Waals surface area (Å²) < 4.78 is 11.1. The molecular weight excluding hydrogens is 260 g/mol. The number of carbonyl (C=O) groups is 1. The Bertz CT molecular complexity index is 530. The highest BCUT2D eigenvalue weighted by Crippen LogP contribution is 2.30. The monoisotopic (exact) mass is 276 g/mol. The predicted octanol–water partition coefficient (Wildman–Crippen LogP) is 2.09. The zero-order chi connectivity index (χ0) is 14.5. The minimum atomic E-state index is -0.896. The van der Waals surface area contributed by atoms with Gasteiger partial charge in [0.15, 0.2) is 11.5 Å². The molecule has 0 saturated carbocycles. The Morgan fingerprint density at radius 3 is 2.65 bits per heavy atom. The molecule has 0 atom stereocenters. The Balaban J connectivity index is 2.04. The number of rotatable bonds is 3. The number of piperidine rings is 1. The molecule has 6 nitrogen and oxygen atoms in total. The Morgan fingerprint density at radius 2 is 2.10 bits per heavy atom. The third-order valence-corrected chi connectivity index (χ3v) is 3.30. The van der Waals surface area contributed by atoms with E-state index in [9.17, 15) is 4.79 Å². The maximum atomic E-state index is 10.8. The molecule has 1 amide bonds. The normalized spacial score (nSPS) is 15.5. The molecule has 1 aromatic rings. The van der Waals surface area contributed by atoms with Gasteiger partial charge in [-0.15, -0.1) is 0 Å². The number of benzene rings is 1. The van der Waals surface area contributed by atoms with Crippen LogP contribution in [0.15, 0.2) is 18.2 Å². The Morgan fingerprint density at radius 1 is 1.40 bits per heavy atom. The summed E-state index contributed by atoms with van der Waals surface area (Å²) >= 11 is 0. The predicted molar refractivity (Wildman–Crippen MR) is 71.0 cm³/mol. The Kier molecular flexibility index (Phi) is 4.31. The second-order valence-electron chi connectivity index (χ2n) is 4.56. The average Bonchev–Trinajstić information content (AvgIpc) is 2.47. The quantitative estimate of drug-likeness (QED) is 0.914. The number of hydrogen-bond donors (Lipinski definition) is 1. The number of nitriles is 1. The van der Waals surface area contributed by atoms with E-state index in [4.69, 9.17) is 19.8 Å². The number of hydrogen-bond acceptors (Lipinski definition) is 4. The van der Waals surface area contributed by atoms with Crippen molar-refractivity contribution >= 4 is 6.09 Å². The van der Waals surface area contributed by atoms with Gasteiger partial charge in [-0.1, -0.05) is 0 Å². The molecule has 1 saturated heterocycles. The van der Waals surface area contributed by atoms with Gasteiger partial charge < -0.3 is 19.5 Å². The summed E-state index contributed by atoms with van der Waals surface area (Å²) in [6.07, 6.45) is 0.305. The number of nitrogens with zero attached hydrogens (tertiary/aromatic N) is 2. The number of carboxylic acid groups (broad SMARTS) is 1. The van der Waals surface area contributed by atoms with Gasteiger partial charge >= 0.3 is 6.09 Å². The van der Waals surface area contributed by atoms with E-state index in [1.54, 1.807) is 25.3 Å². The molecule has 1 fully saturated rings. The fourth-order valence-electron chi connectivity index (χ4n) is 2.18. The molecule has 2 rings (SSSR count). The SMILES string of the molecule is COc1ccc(C#N)cc1OC1CCN(C(=O)O)CC1. The van der Waals surface area contributed by atoms with E-state index in [1.165, 1.54) is 4.90 Å². The summed E-state index contributed by atoms with van der Waals surface area (Å²) in [7, 11) is 1.54. The molecule has 1 aromatic carbocycles. The van der Waals surface area contributed by atoms with Crippen LogP contribution in [0.5, 0.6) is 11.5 Å². The van der Waals surface area contributed by atoms with Crippen molar-refractivity contribution in [3.8, 4) is 17.6 Å². The maximum Gasteiger partial charge on any atom is 0.407 e. The summed E-state index contributed by atoms with van der Waals surface area (Å²) in [5.41, 5.74) is 0.503. The molecule has 0 unspecified atom stereocenters. The molecule has 0 aliphatic carbocycles. The smallest absolute Gasteiger partial charge is 0.407 e. The highest BCUT2D eigenvalue weighted by Gasteiger charge is 2.24. The lowest BCUT2D eigenvalue weighted by Gasteiger charge is -2.30. The summed E-state index contributed by atoms with van der Waals surface area (Å²) in [5, 5.41) is 17.8. The lowest BCUT2D eigenvalue weighted by molar-refractivity contribution is 0.0878. The van der Waals surface area contributed by atoms with Gasteiger partial charge in [-0.2, -0.15) is 5.26 Å². The van der Waals surface area contributed by atoms with Gasteiger partial charge in [-0.05, 0) is 12.1 Å². The van der Waals surface area contributed by atoms with E-state index in [0.717, 1.165) is 0 Å². The van der Waals surface area contributed by atoms with Crippen LogP contribution in [0.2, 0.25) is 0 Å². The topological polar surface area (TPSA) is 82.8 Å². The highest BCUT2D eigenvalue weighted by molar-refractivity contribution is 5.65. The second-order valence-corrected chi connectivity index (χ2v) is 4.56. The zero-order valence-corrected chi connectivity index (χ0v) is 11.2. The van der Waals surface area contributed by atoms with Gasteiger partial charge in [0.2, 0.25) is 0 Å². The van der Waals surface area contributed by atoms with Crippen molar-refractivity contribution in [1.29, 1.82) is 5.26 Å². The van der Waals surface area contributed by atoms with Crippen LogP contribution >= 0.6 is 0 Å². The first-order valence-electron chi connectivity index (χ1n) is 6.36. The summed E-state index contributed by atoms with van der Waals surface area (Å²) in [5.74, 6) is 1.10. The fourth-order valence-corrected chi connectivity index (χ4v) is 2.18. The first kappa shape index (κ1) is 14.0. The molecule has 1 aliphatic rings. The lowest BCUT2D eigenvalue weighted by Crippen LogP contribution is -2.41. The van der Waals surface area contributed by atoms with Gasteiger partial charge in [0.1, 0.15) is 6.10 Å². The van der Waals surface area contributed by atoms with Gasteiger partial charge in [0, 0.05) is 32.0 Å². The molecule has 0 spiro atoms. The van der Waals surface area contributed by atoms with Crippen LogP contribution < -0.4 is 9.47 Å². The molecular formula is C14H16N2O4. The van der Waals surface area contributed by atoms with Crippen LogP contribution in [-0.2, 0) is 0 Å². The molecule has 0 bridgehead atoms. The summed E-state index contributed by atoms with van der Waals surface area (Å²) in [6.45, 7) is 0.917. The van der Waals surface area contributed by atoms with Gasteiger partial charge in [0.05, 0.1) is 18.7 Å². The summed E-state index contributed by atoms with van der Waals surface area (Å²) in [4.78, 5) is 12.2. The third kappa shape index (κ3) is 3.12. The van der Waals surface area contributed by atoms with Crippen molar-refractivity contribution in [2.45, 2.75) is 18.9 Å². The Hall–Kier alpha value is -2.42. The zero-order valence-electron chi connectivity index (χ0n) is 11.2. The van der Waals surface area contributed by atoms with E-state index in [2.05, 4.69) is 6.07 Å². The number of methoxy groups -OCH3 is 1. The van der Waals surface area contributed by atoms with Crippen molar-refractivity contribution in [3.63, 3.8) is 0 Å². The number of amides is 1. The molecule has 1 N–H and O–H groups in total. The molecule has 1 heterocycles. The minimum absolute atomic E-state index is 0.0616. The largest absolute Gasteiger partial charge is 0.493 e. The van der Waals surface area contributed by atoms with E-state index >= 15 is 0 Å². The van der Waals surface area contributed by atoms with E-state index in [-0.39, 0.29) is 6.10 Å². The van der Waals surface area contributed by atoms with Crippen molar-refractivity contribution in [2.24, 2.45) is 0 Å². The minimum Gasteiger partial charge on any atom is -0.493 e. The molecule has 0 radical (unpaired) electrons. The lowest BCUT2D eigenvalue weighted by atomic mass is 10.1.